The van der Waals surface area contributed by atoms with Gasteiger partial charge in [-0.25, -0.2) is 4.39 Å². The van der Waals surface area contributed by atoms with E-state index in [1.54, 1.807) is 12.1 Å². The van der Waals surface area contributed by atoms with Crippen molar-refractivity contribution in [2.45, 2.75) is 34.6 Å². The third-order valence-corrected chi connectivity index (χ3v) is 1.53. The van der Waals surface area contributed by atoms with Crippen LogP contribution < -0.4 is 10.1 Å². The first-order valence-corrected chi connectivity index (χ1v) is 5.85. The van der Waals surface area contributed by atoms with Gasteiger partial charge in [0.1, 0.15) is 0 Å². The first-order valence-electron chi connectivity index (χ1n) is 5.85. The molecule has 0 aromatic heterocycles. The van der Waals surface area contributed by atoms with Crippen molar-refractivity contribution in [2.75, 3.05) is 19.0 Å². The van der Waals surface area contributed by atoms with Crippen LogP contribution in [0.4, 0.5) is 10.1 Å². The van der Waals surface area contributed by atoms with E-state index in [-0.39, 0.29) is 11.6 Å². The zero-order chi connectivity index (χ0) is 13.0. The maximum absolute atomic E-state index is 13.0. The zero-order valence-electron chi connectivity index (χ0n) is 11.2. The Morgan fingerprint density at radius 1 is 1.19 bits per heavy atom. The molecule has 16 heavy (non-hydrogen) atoms. The van der Waals surface area contributed by atoms with Crippen molar-refractivity contribution in [2.24, 2.45) is 0 Å². The number of methoxy groups -OCH3 is 1. The molecule has 2 nitrogen and oxygen atoms in total. The Balaban J connectivity index is 0. The van der Waals surface area contributed by atoms with Crippen LogP contribution in [0, 0.1) is 5.82 Å². The Hall–Kier alpha value is -1.25. The summed E-state index contributed by atoms with van der Waals surface area (Å²) in [4.78, 5) is 0. The van der Waals surface area contributed by atoms with Gasteiger partial charge in [0.2, 0.25) is 0 Å². The van der Waals surface area contributed by atoms with Crippen molar-refractivity contribution in [3.8, 4) is 5.75 Å². The molecule has 0 radical (unpaired) electrons. The number of rotatable bonds is 3. The molecule has 0 aliphatic carbocycles. The summed E-state index contributed by atoms with van der Waals surface area (Å²) in [5.41, 5.74) is 0.774. The van der Waals surface area contributed by atoms with Gasteiger partial charge in [0.15, 0.2) is 11.6 Å². The van der Waals surface area contributed by atoms with Crippen molar-refractivity contribution in [1.82, 2.24) is 0 Å². The van der Waals surface area contributed by atoms with Gasteiger partial charge >= 0.3 is 0 Å². The minimum absolute atomic E-state index is 0.275. The van der Waals surface area contributed by atoms with E-state index in [1.807, 2.05) is 34.6 Å². The molecule has 1 N–H and O–H groups in total. The molecular weight excluding hydrogens is 205 g/mol. The molecule has 0 atom stereocenters. The van der Waals surface area contributed by atoms with Gasteiger partial charge in [-0.05, 0) is 19.1 Å². The lowest BCUT2D eigenvalue weighted by Crippen LogP contribution is -1.97. The number of nitrogens with one attached hydrogen (secondary N) is 1. The largest absolute Gasteiger partial charge is 0.494 e. The molecule has 0 unspecified atom stereocenters. The summed E-state index contributed by atoms with van der Waals surface area (Å²) < 4.78 is 17.8. The number of anilines is 1. The van der Waals surface area contributed by atoms with Gasteiger partial charge in [-0.15, -0.1) is 0 Å². The third kappa shape index (κ3) is 6.27. The standard InChI is InChI=1S/C9H12FNO.2C2H6/c1-3-11-7-4-5-9(12-2)8(10)6-7;2*1-2/h4-6,11H,3H2,1-2H3;2*1-2H3. The Labute approximate surface area is 98.8 Å². The highest BCUT2D eigenvalue weighted by atomic mass is 19.1. The lowest BCUT2D eigenvalue weighted by Gasteiger charge is -2.05. The van der Waals surface area contributed by atoms with Gasteiger partial charge in [-0.1, -0.05) is 27.7 Å². The second-order valence-corrected chi connectivity index (χ2v) is 2.38. The van der Waals surface area contributed by atoms with Crippen molar-refractivity contribution < 1.29 is 9.13 Å². The van der Waals surface area contributed by atoms with E-state index >= 15 is 0 Å². The monoisotopic (exact) mass is 229 g/mol. The summed E-state index contributed by atoms with van der Waals surface area (Å²) in [6.45, 7) is 10.7. The number of hydrogen-bond donors (Lipinski definition) is 1. The first kappa shape index (κ1) is 17.2. The van der Waals surface area contributed by atoms with E-state index in [2.05, 4.69) is 5.32 Å². The van der Waals surface area contributed by atoms with Crippen LogP contribution in [0.3, 0.4) is 0 Å². The summed E-state index contributed by atoms with van der Waals surface area (Å²) in [7, 11) is 1.45. The van der Waals surface area contributed by atoms with E-state index in [4.69, 9.17) is 4.74 Å². The lowest BCUT2D eigenvalue weighted by molar-refractivity contribution is 0.386. The highest BCUT2D eigenvalue weighted by Crippen LogP contribution is 2.20. The Morgan fingerprint density at radius 3 is 2.12 bits per heavy atom. The van der Waals surface area contributed by atoms with Crippen molar-refractivity contribution in [3.05, 3.63) is 24.0 Å². The maximum Gasteiger partial charge on any atom is 0.167 e. The molecule has 0 bridgehead atoms. The van der Waals surface area contributed by atoms with Gasteiger partial charge < -0.3 is 10.1 Å². The van der Waals surface area contributed by atoms with Gasteiger partial charge in [0.05, 0.1) is 7.11 Å². The van der Waals surface area contributed by atoms with Crippen LogP contribution in [-0.4, -0.2) is 13.7 Å². The fourth-order valence-corrected chi connectivity index (χ4v) is 0.980. The second-order valence-electron chi connectivity index (χ2n) is 2.38. The van der Waals surface area contributed by atoms with Gasteiger partial charge in [0.25, 0.3) is 0 Å². The normalized spacial score (nSPS) is 7.94. The third-order valence-electron chi connectivity index (χ3n) is 1.53. The van der Waals surface area contributed by atoms with Gasteiger partial charge in [0, 0.05) is 18.3 Å². The lowest BCUT2D eigenvalue weighted by atomic mass is 10.3. The molecule has 0 spiro atoms. The molecule has 94 valence electrons. The topological polar surface area (TPSA) is 21.3 Å². The summed E-state index contributed by atoms with van der Waals surface area (Å²) in [5.74, 6) is -0.0624. The first-order chi connectivity index (χ1) is 7.77. The number of ether oxygens (including phenoxy) is 1. The van der Waals surface area contributed by atoms with Crippen LogP contribution in [0.1, 0.15) is 34.6 Å². The SMILES string of the molecule is CC.CC.CCNc1ccc(OC)c(F)c1. The molecule has 1 rings (SSSR count). The van der Waals surface area contributed by atoms with Crippen molar-refractivity contribution in [1.29, 1.82) is 0 Å². The predicted octanol–water partition coefficient (Wildman–Crippen LogP) is 4.32. The van der Waals surface area contributed by atoms with Gasteiger partial charge in [-0.3, -0.25) is 0 Å². The quantitative estimate of drug-likeness (QED) is 0.833. The number of benzene rings is 1. The molecule has 0 aliphatic heterocycles. The highest BCUT2D eigenvalue weighted by molar-refractivity contribution is 5.47. The molecule has 3 heteroatoms. The Kier molecular flexibility index (Phi) is 12.7. The Bertz CT molecular complexity index is 264. The van der Waals surface area contributed by atoms with Crippen LogP contribution in [0.25, 0.3) is 0 Å². The smallest absolute Gasteiger partial charge is 0.167 e. The molecule has 0 fully saturated rings. The average molecular weight is 229 g/mol. The summed E-state index contributed by atoms with van der Waals surface area (Å²) >= 11 is 0. The van der Waals surface area contributed by atoms with Crippen LogP contribution in [0.15, 0.2) is 18.2 Å². The molecular formula is C13H24FNO. The zero-order valence-corrected chi connectivity index (χ0v) is 11.2. The summed E-state index contributed by atoms with van der Waals surface area (Å²) in [6, 6.07) is 4.81. The molecule has 0 saturated heterocycles. The van der Waals surface area contributed by atoms with Crippen LogP contribution in [-0.2, 0) is 0 Å². The molecule has 1 aromatic carbocycles. The Morgan fingerprint density at radius 2 is 1.75 bits per heavy atom. The molecule has 0 heterocycles. The fourth-order valence-electron chi connectivity index (χ4n) is 0.980. The van der Waals surface area contributed by atoms with Crippen LogP contribution in [0.2, 0.25) is 0 Å². The van der Waals surface area contributed by atoms with E-state index < -0.39 is 0 Å². The number of hydrogen-bond acceptors (Lipinski definition) is 2. The number of halogens is 1. The van der Waals surface area contributed by atoms with E-state index in [1.165, 1.54) is 13.2 Å². The maximum atomic E-state index is 13.0. The minimum atomic E-state index is -0.337. The van der Waals surface area contributed by atoms with E-state index in [0.717, 1.165) is 12.2 Å². The van der Waals surface area contributed by atoms with Crippen LogP contribution in [0.5, 0.6) is 5.75 Å². The van der Waals surface area contributed by atoms with Crippen molar-refractivity contribution in [3.63, 3.8) is 0 Å². The molecule has 0 amide bonds. The second kappa shape index (κ2) is 11.8. The minimum Gasteiger partial charge on any atom is -0.494 e. The predicted molar refractivity (Wildman–Crippen MR) is 69.8 cm³/mol. The van der Waals surface area contributed by atoms with E-state index in [9.17, 15) is 4.39 Å². The molecule has 0 aliphatic rings. The van der Waals surface area contributed by atoms with Crippen LogP contribution >= 0.6 is 0 Å². The fraction of sp³-hybridized carbons (Fsp3) is 0.538. The van der Waals surface area contributed by atoms with E-state index in [0.29, 0.717) is 0 Å². The average Bonchev–Trinajstić information content (AvgIpc) is 2.35. The van der Waals surface area contributed by atoms with Gasteiger partial charge in [-0.2, -0.15) is 0 Å². The summed E-state index contributed by atoms with van der Waals surface area (Å²) in [5, 5.41) is 3.00. The molecule has 0 saturated carbocycles. The molecule has 1 aromatic rings. The highest BCUT2D eigenvalue weighted by Gasteiger charge is 2.01. The summed E-state index contributed by atoms with van der Waals surface area (Å²) in [6.07, 6.45) is 0. The van der Waals surface area contributed by atoms with Crippen molar-refractivity contribution >= 4 is 5.69 Å².